The molecule has 4 heteroatoms. The van der Waals surface area contributed by atoms with E-state index in [0.717, 1.165) is 17.7 Å². The molecule has 0 nitrogen and oxygen atoms in total. The average Bonchev–Trinajstić information content (AvgIpc) is 2.87. The molecular formula is C16H16ClFS2. The smallest absolute Gasteiger partial charge is 0.129 e. The lowest BCUT2D eigenvalue weighted by molar-refractivity contribution is 0.608. The van der Waals surface area contributed by atoms with E-state index in [2.05, 4.69) is 6.07 Å². The van der Waals surface area contributed by atoms with Gasteiger partial charge in [0, 0.05) is 15.5 Å². The highest BCUT2D eigenvalue weighted by Crippen LogP contribution is 2.39. The first kappa shape index (κ1) is 14.4. The van der Waals surface area contributed by atoms with E-state index < -0.39 is 0 Å². The molecule has 0 saturated heterocycles. The van der Waals surface area contributed by atoms with Crippen LogP contribution in [0.1, 0.15) is 37.4 Å². The molecule has 0 spiro atoms. The molecule has 3 rings (SSSR count). The fraction of sp³-hybridized carbons (Fsp3) is 0.375. The maximum absolute atomic E-state index is 13.7. The van der Waals surface area contributed by atoms with Crippen molar-refractivity contribution in [2.45, 2.75) is 31.4 Å². The number of fused-ring (bicyclic) bond motifs is 1. The Kier molecular flexibility index (Phi) is 4.11. The molecule has 1 unspecified atom stereocenters. The van der Waals surface area contributed by atoms with Crippen molar-refractivity contribution < 1.29 is 4.39 Å². The van der Waals surface area contributed by atoms with Crippen LogP contribution >= 0.6 is 34.7 Å². The second kappa shape index (κ2) is 5.70. The Bertz CT molecular complexity index is 601. The summed E-state index contributed by atoms with van der Waals surface area (Å²) in [5.41, 5.74) is 3.77. The summed E-state index contributed by atoms with van der Waals surface area (Å²) in [6.45, 7) is 3.59. The van der Waals surface area contributed by atoms with Gasteiger partial charge in [0.25, 0.3) is 0 Å². The second-order valence-corrected chi connectivity index (χ2v) is 7.94. The minimum absolute atomic E-state index is 0.125. The molecule has 1 aliphatic rings. The summed E-state index contributed by atoms with van der Waals surface area (Å²) < 4.78 is 13.7. The van der Waals surface area contributed by atoms with Gasteiger partial charge in [-0.3, -0.25) is 0 Å². The molecule has 0 N–H and O–H groups in total. The van der Waals surface area contributed by atoms with Gasteiger partial charge >= 0.3 is 0 Å². The zero-order valence-electron chi connectivity index (χ0n) is 11.5. The quantitative estimate of drug-likeness (QED) is 0.645. The number of thioether (sulfide) groups is 1. The van der Waals surface area contributed by atoms with Gasteiger partial charge in [0.15, 0.2) is 0 Å². The van der Waals surface area contributed by atoms with Gasteiger partial charge in [0.1, 0.15) is 5.82 Å². The zero-order valence-corrected chi connectivity index (χ0v) is 13.9. The van der Waals surface area contributed by atoms with Gasteiger partial charge in [-0.25, -0.2) is 4.39 Å². The summed E-state index contributed by atoms with van der Waals surface area (Å²) >= 11 is 10.4. The largest absolute Gasteiger partial charge is 0.206 e. The van der Waals surface area contributed by atoms with Crippen LogP contribution in [0.15, 0.2) is 18.2 Å². The number of hydrogen-bond acceptors (Lipinski definition) is 2. The predicted molar refractivity (Wildman–Crippen MR) is 87.8 cm³/mol. The van der Waals surface area contributed by atoms with Gasteiger partial charge in [-0.1, -0.05) is 12.1 Å². The van der Waals surface area contributed by atoms with Crippen molar-refractivity contribution in [3.05, 3.63) is 56.0 Å². The second-order valence-electron chi connectivity index (χ2n) is 5.23. The van der Waals surface area contributed by atoms with Crippen molar-refractivity contribution in [1.82, 2.24) is 0 Å². The van der Waals surface area contributed by atoms with Gasteiger partial charge in [-0.15, -0.1) is 22.9 Å². The van der Waals surface area contributed by atoms with Crippen molar-refractivity contribution in [1.29, 1.82) is 0 Å². The van der Waals surface area contributed by atoms with E-state index in [1.807, 2.05) is 35.2 Å². The summed E-state index contributed by atoms with van der Waals surface area (Å²) in [5.74, 6) is 2.17. The van der Waals surface area contributed by atoms with E-state index in [0.29, 0.717) is 11.1 Å². The molecule has 1 aliphatic heterocycles. The Balaban J connectivity index is 1.96. The number of benzene rings is 1. The monoisotopic (exact) mass is 326 g/mol. The van der Waals surface area contributed by atoms with Crippen LogP contribution in [0.2, 0.25) is 0 Å². The fourth-order valence-electron chi connectivity index (χ4n) is 2.59. The molecule has 2 aromatic rings. The van der Waals surface area contributed by atoms with Crippen LogP contribution in [-0.4, -0.2) is 5.75 Å². The third-order valence-electron chi connectivity index (χ3n) is 3.65. The Morgan fingerprint density at radius 3 is 2.55 bits per heavy atom. The van der Waals surface area contributed by atoms with E-state index in [-0.39, 0.29) is 11.2 Å². The first-order chi connectivity index (χ1) is 9.56. The fourth-order valence-corrected chi connectivity index (χ4v) is 5.29. The van der Waals surface area contributed by atoms with Crippen LogP contribution in [0.25, 0.3) is 0 Å². The molecule has 0 radical (unpaired) electrons. The molecule has 1 aromatic carbocycles. The maximum Gasteiger partial charge on any atom is 0.129 e. The van der Waals surface area contributed by atoms with Crippen LogP contribution < -0.4 is 0 Å². The Morgan fingerprint density at radius 2 is 1.90 bits per heavy atom. The Hall–Kier alpha value is -0.510. The average molecular weight is 327 g/mol. The number of alkyl halides is 1. The first-order valence-electron chi connectivity index (χ1n) is 6.66. The van der Waals surface area contributed by atoms with Crippen molar-refractivity contribution >= 4 is 34.7 Å². The summed E-state index contributed by atoms with van der Waals surface area (Å²) in [7, 11) is 0. The van der Waals surface area contributed by atoms with Crippen LogP contribution in [0.3, 0.4) is 0 Å². The Labute approximate surface area is 132 Å². The van der Waals surface area contributed by atoms with Gasteiger partial charge in [-0.05, 0) is 54.3 Å². The molecule has 20 heavy (non-hydrogen) atoms. The van der Waals surface area contributed by atoms with E-state index in [9.17, 15) is 4.39 Å². The van der Waals surface area contributed by atoms with E-state index in [4.69, 9.17) is 11.6 Å². The minimum Gasteiger partial charge on any atom is -0.206 e. The standard InChI is InChI=1S/C16H16ClFS2/c1-9-5-11(6-10(2)16(9)18)15(17)14-7-12-8-19-4-3-13(12)20-14/h5-7,15H,3-4,8H2,1-2H3. The third-order valence-corrected chi connectivity index (χ3v) is 6.57. The predicted octanol–water partition coefficient (Wildman–Crippen LogP) is 5.62. The summed E-state index contributed by atoms with van der Waals surface area (Å²) in [4.78, 5) is 2.66. The third kappa shape index (κ3) is 2.63. The van der Waals surface area contributed by atoms with Crippen LogP contribution in [0.4, 0.5) is 4.39 Å². The van der Waals surface area contributed by atoms with Crippen molar-refractivity contribution in [3.8, 4) is 0 Å². The summed E-state index contributed by atoms with van der Waals surface area (Å²) in [6, 6.07) is 5.97. The highest BCUT2D eigenvalue weighted by Gasteiger charge is 2.20. The number of thiophene rings is 1. The van der Waals surface area contributed by atoms with Crippen LogP contribution in [-0.2, 0) is 12.2 Å². The molecular weight excluding hydrogens is 311 g/mol. The SMILES string of the molecule is Cc1cc(C(Cl)c2cc3c(s2)CCSC3)cc(C)c1F. The van der Waals surface area contributed by atoms with Crippen molar-refractivity contribution in [2.75, 3.05) is 5.75 Å². The zero-order chi connectivity index (χ0) is 14.3. The molecule has 0 saturated carbocycles. The summed E-state index contributed by atoms with van der Waals surface area (Å²) in [5, 5.41) is -0.173. The van der Waals surface area contributed by atoms with Gasteiger partial charge in [0.2, 0.25) is 0 Å². The number of aryl methyl sites for hydroxylation is 3. The summed E-state index contributed by atoms with van der Waals surface area (Å²) in [6.07, 6.45) is 1.15. The highest BCUT2D eigenvalue weighted by atomic mass is 35.5. The lowest BCUT2D eigenvalue weighted by Gasteiger charge is -2.11. The van der Waals surface area contributed by atoms with Crippen molar-refractivity contribution in [3.63, 3.8) is 0 Å². The van der Waals surface area contributed by atoms with E-state index in [1.165, 1.54) is 21.1 Å². The number of rotatable bonds is 2. The Morgan fingerprint density at radius 1 is 1.20 bits per heavy atom. The van der Waals surface area contributed by atoms with Gasteiger partial charge in [-0.2, -0.15) is 11.8 Å². The first-order valence-corrected chi connectivity index (χ1v) is 9.07. The molecule has 0 aliphatic carbocycles. The topological polar surface area (TPSA) is 0 Å². The maximum atomic E-state index is 13.7. The number of halogens is 2. The molecule has 106 valence electrons. The normalized spacial score (nSPS) is 16.0. The minimum atomic E-state index is -0.173. The van der Waals surface area contributed by atoms with E-state index >= 15 is 0 Å². The van der Waals surface area contributed by atoms with Crippen LogP contribution in [0.5, 0.6) is 0 Å². The molecule has 1 aromatic heterocycles. The molecule has 1 atom stereocenters. The van der Waals surface area contributed by atoms with E-state index in [1.54, 1.807) is 13.8 Å². The molecule has 0 fully saturated rings. The number of hydrogen-bond donors (Lipinski definition) is 0. The van der Waals surface area contributed by atoms with Gasteiger partial charge < -0.3 is 0 Å². The molecule has 0 bridgehead atoms. The van der Waals surface area contributed by atoms with Crippen LogP contribution in [0, 0.1) is 19.7 Å². The van der Waals surface area contributed by atoms with Crippen molar-refractivity contribution in [2.24, 2.45) is 0 Å². The van der Waals surface area contributed by atoms with Gasteiger partial charge in [0.05, 0.1) is 5.38 Å². The molecule has 0 amide bonds. The highest BCUT2D eigenvalue weighted by molar-refractivity contribution is 7.98. The lowest BCUT2D eigenvalue weighted by Crippen LogP contribution is -1.96. The molecule has 2 heterocycles. The lowest BCUT2D eigenvalue weighted by atomic mass is 10.0.